The topological polar surface area (TPSA) is 44.5 Å². The molecule has 0 spiro atoms. The van der Waals surface area contributed by atoms with Crippen LogP contribution in [0.2, 0.25) is 0 Å². The molecule has 1 saturated heterocycles. The molecular weight excluding hydrogens is 190 g/mol. The van der Waals surface area contributed by atoms with Crippen LogP contribution >= 0.6 is 0 Å². The molecule has 88 valence electrons. The van der Waals surface area contributed by atoms with Gasteiger partial charge in [0.05, 0.1) is 12.2 Å². The molecule has 1 heterocycles. The van der Waals surface area contributed by atoms with E-state index in [0.717, 1.165) is 0 Å². The summed E-state index contributed by atoms with van der Waals surface area (Å²) in [5, 5.41) is 0. The average Bonchev–Trinajstić information content (AvgIpc) is 2.57. The molecule has 0 radical (unpaired) electrons. The molecule has 0 aromatic heterocycles. The van der Waals surface area contributed by atoms with Gasteiger partial charge < -0.3 is 15.2 Å². The van der Waals surface area contributed by atoms with Gasteiger partial charge in [-0.05, 0) is 26.7 Å². The van der Waals surface area contributed by atoms with E-state index in [4.69, 9.17) is 15.2 Å². The molecule has 1 aliphatic heterocycles. The average molecular weight is 213 g/mol. The van der Waals surface area contributed by atoms with Crippen LogP contribution in [0.4, 0.5) is 0 Å². The van der Waals surface area contributed by atoms with Crippen molar-refractivity contribution in [2.45, 2.75) is 63.9 Å². The smallest absolute Gasteiger partial charge is 0.184 e. The summed E-state index contributed by atoms with van der Waals surface area (Å²) in [5.41, 5.74) is 5.87. The quantitative estimate of drug-likeness (QED) is 0.763. The molecule has 0 bridgehead atoms. The SMILES string of the molecule is C[C@H]1OC(CN)(C2CCCCC2)O[C@@H]1C. The van der Waals surface area contributed by atoms with Crippen molar-refractivity contribution in [3.63, 3.8) is 0 Å². The first-order chi connectivity index (χ1) is 7.18. The minimum absolute atomic E-state index is 0.176. The number of ether oxygens (including phenoxy) is 2. The molecule has 3 heteroatoms. The van der Waals surface area contributed by atoms with Gasteiger partial charge in [0.15, 0.2) is 5.79 Å². The normalized spacial score (nSPS) is 37.0. The van der Waals surface area contributed by atoms with Gasteiger partial charge >= 0.3 is 0 Å². The van der Waals surface area contributed by atoms with E-state index in [1.54, 1.807) is 0 Å². The molecular formula is C12H23NO2. The largest absolute Gasteiger partial charge is 0.343 e. The molecule has 0 aromatic carbocycles. The molecule has 1 saturated carbocycles. The van der Waals surface area contributed by atoms with E-state index in [2.05, 4.69) is 13.8 Å². The molecule has 0 unspecified atom stereocenters. The zero-order valence-electron chi connectivity index (χ0n) is 9.87. The Hall–Kier alpha value is -0.120. The van der Waals surface area contributed by atoms with Crippen molar-refractivity contribution < 1.29 is 9.47 Å². The number of nitrogens with two attached hydrogens (primary N) is 1. The predicted octanol–water partition coefficient (Wildman–Crippen LogP) is 2.05. The first-order valence-corrected chi connectivity index (χ1v) is 6.23. The van der Waals surface area contributed by atoms with E-state index >= 15 is 0 Å². The van der Waals surface area contributed by atoms with Crippen LogP contribution in [-0.2, 0) is 9.47 Å². The second kappa shape index (κ2) is 4.40. The minimum Gasteiger partial charge on any atom is -0.343 e. The Morgan fingerprint density at radius 3 is 2.07 bits per heavy atom. The fourth-order valence-corrected chi connectivity index (χ4v) is 2.85. The molecule has 3 nitrogen and oxygen atoms in total. The van der Waals surface area contributed by atoms with Crippen molar-refractivity contribution in [3.8, 4) is 0 Å². The van der Waals surface area contributed by atoms with Gasteiger partial charge in [-0.3, -0.25) is 0 Å². The molecule has 2 atom stereocenters. The van der Waals surface area contributed by atoms with Gasteiger partial charge in [-0.2, -0.15) is 0 Å². The molecule has 0 amide bonds. The predicted molar refractivity (Wildman–Crippen MR) is 59.5 cm³/mol. The van der Waals surface area contributed by atoms with Gasteiger partial charge in [0.1, 0.15) is 0 Å². The summed E-state index contributed by atoms with van der Waals surface area (Å²) in [6, 6.07) is 0. The molecule has 2 fully saturated rings. The summed E-state index contributed by atoms with van der Waals surface area (Å²) in [6.07, 6.45) is 6.70. The monoisotopic (exact) mass is 213 g/mol. The maximum Gasteiger partial charge on any atom is 0.184 e. The van der Waals surface area contributed by atoms with Crippen molar-refractivity contribution in [2.24, 2.45) is 11.7 Å². The fourth-order valence-electron chi connectivity index (χ4n) is 2.85. The van der Waals surface area contributed by atoms with Gasteiger partial charge in [0, 0.05) is 12.5 Å². The van der Waals surface area contributed by atoms with Gasteiger partial charge in [0.25, 0.3) is 0 Å². The lowest BCUT2D eigenvalue weighted by Gasteiger charge is -2.37. The lowest BCUT2D eigenvalue weighted by Crippen LogP contribution is -2.47. The summed E-state index contributed by atoms with van der Waals surface area (Å²) in [6.45, 7) is 4.64. The van der Waals surface area contributed by atoms with E-state index in [1.807, 2.05) is 0 Å². The van der Waals surface area contributed by atoms with Crippen LogP contribution in [0.25, 0.3) is 0 Å². The van der Waals surface area contributed by atoms with Crippen LogP contribution in [0.5, 0.6) is 0 Å². The first-order valence-electron chi connectivity index (χ1n) is 6.23. The highest BCUT2D eigenvalue weighted by atomic mass is 16.8. The number of rotatable bonds is 2. The molecule has 15 heavy (non-hydrogen) atoms. The van der Waals surface area contributed by atoms with Crippen LogP contribution in [0.1, 0.15) is 46.0 Å². The van der Waals surface area contributed by atoms with Crippen LogP contribution in [-0.4, -0.2) is 24.5 Å². The second-order valence-electron chi connectivity index (χ2n) is 5.00. The highest BCUT2D eigenvalue weighted by molar-refractivity contribution is 4.90. The Morgan fingerprint density at radius 2 is 1.60 bits per heavy atom. The Balaban J connectivity index is 2.07. The second-order valence-corrected chi connectivity index (χ2v) is 5.00. The van der Waals surface area contributed by atoms with Crippen LogP contribution in [0.15, 0.2) is 0 Å². The van der Waals surface area contributed by atoms with E-state index in [9.17, 15) is 0 Å². The highest BCUT2D eigenvalue weighted by Gasteiger charge is 2.48. The van der Waals surface area contributed by atoms with E-state index in [-0.39, 0.29) is 12.2 Å². The maximum atomic E-state index is 6.00. The van der Waals surface area contributed by atoms with Crippen molar-refractivity contribution in [1.82, 2.24) is 0 Å². The van der Waals surface area contributed by atoms with Gasteiger partial charge in [-0.15, -0.1) is 0 Å². The van der Waals surface area contributed by atoms with Gasteiger partial charge in [-0.25, -0.2) is 0 Å². The third-order valence-corrected chi connectivity index (χ3v) is 3.94. The van der Waals surface area contributed by atoms with Crippen LogP contribution < -0.4 is 5.73 Å². The lowest BCUT2D eigenvalue weighted by atomic mass is 9.83. The summed E-state index contributed by atoms with van der Waals surface area (Å²) in [7, 11) is 0. The van der Waals surface area contributed by atoms with Crippen molar-refractivity contribution in [1.29, 1.82) is 0 Å². The number of hydrogen-bond acceptors (Lipinski definition) is 3. The summed E-state index contributed by atoms with van der Waals surface area (Å²) in [4.78, 5) is 0. The molecule has 2 aliphatic rings. The zero-order valence-corrected chi connectivity index (χ0v) is 9.87. The molecule has 1 aliphatic carbocycles. The summed E-state index contributed by atoms with van der Waals surface area (Å²) < 4.78 is 12.0. The Bertz CT molecular complexity index is 204. The van der Waals surface area contributed by atoms with E-state index in [0.29, 0.717) is 12.5 Å². The lowest BCUT2D eigenvalue weighted by molar-refractivity contribution is -0.208. The van der Waals surface area contributed by atoms with Crippen molar-refractivity contribution in [3.05, 3.63) is 0 Å². The van der Waals surface area contributed by atoms with E-state index < -0.39 is 5.79 Å². The highest BCUT2D eigenvalue weighted by Crippen LogP contribution is 2.41. The minimum atomic E-state index is -0.473. The standard InChI is InChI=1S/C12H23NO2/c1-9-10(2)15-12(8-13,14-9)11-6-4-3-5-7-11/h9-11H,3-8,13H2,1-2H3/t9-,10-/m1/s1. The third-order valence-electron chi connectivity index (χ3n) is 3.94. The maximum absolute atomic E-state index is 6.00. The van der Waals surface area contributed by atoms with Crippen LogP contribution in [0.3, 0.4) is 0 Å². The van der Waals surface area contributed by atoms with Gasteiger partial charge in [-0.1, -0.05) is 19.3 Å². The molecule has 2 rings (SSSR count). The van der Waals surface area contributed by atoms with Crippen molar-refractivity contribution >= 4 is 0 Å². The van der Waals surface area contributed by atoms with Gasteiger partial charge in [0.2, 0.25) is 0 Å². The number of hydrogen-bond donors (Lipinski definition) is 1. The van der Waals surface area contributed by atoms with Crippen LogP contribution in [0, 0.1) is 5.92 Å². The zero-order chi connectivity index (χ0) is 10.9. The Kier molecular flexibility index (Phi) is 3.33. The fraction of sp³-hybridized carbons (Fsp3) is 1.00. The summed E-state index contributed by atoms with van der Waals surface area (Å²) >= 11 is 0. The third kappa shape index (κ3) is 2.05. The Labute approximate surface area is 92.3 Å². The molecule has 2 N–H and O–H groups in total. The van der Waals surface area contributed by atoms with E-state index in [1.165, 1.54) is 32.1 Å². The Morgan fingerprint density at radius 1 is 1.07 bits per heavy atom. The first kappa shape index (κ1) is 11.4. The molecule has 0 aromatic rings. The van der Waals surface area contributed by atoms with Crippen molar-refractivity contribution in [2.75, 3.05) is 6.54 Å². The summed E-state index contributed by atoms with van der Waals surface area (Å²) in [5.74, 6) is 0.0304.